The minimum absolute atomic E-state index is 0.193. The minimum atomic E-state index is 0.193. The molecule has 1 saturated carbocycles. The highest BCUT2D eigenvalue weighted by atomic mass is 16.5. The van der Waals surface area contributed by atoms with Crippen LogP contribution < -0.4 is 4.74 Å². The van der Waals surface area contributed by atoms with Crippen molar-refractivity contribution in [3.05, 3.63) is 29.8 Å². The molecule has 0 spiro atoms. The van der Waals surface area contributed by atoms with E-state index in [1.807, 2.05) is 29.2 Å². The lowest BCUT2D eigenvalue weighted by atomic mass is 10.1. The van der Waals surface area contributed by atoms with Gasteiger partial charge in [-0.2, -0.15) is 0 Å². The van der Waals surface area contributed by atoms with E-state index in [0.29, 0.717) is 12.3 Å². The van der Waals surface area contributed by atoms with E-state index in [0.717, 1.165) is 50.0 Å². The molecule has 2 heterocycles. The molecule has 2 saturated heterocycles. The van der Waals surface area contributed by atoms with Crippen LogP contribution in [0.3, 0.4) is 0 Å². The van der Waals surface area contributed by atoms with Crippen LogP contribution in [0.1, 0.15) is 18.4 Å². The maximum atomic E-state index is 12.7. The topological polar surface area (TPSA) is 42.0 Å². The highest BCUT2D eigenvalue weighted by molar-refractivity contribution is 5.79. The van der Waals surface area contributed by atoms with Crippen LogP contribution in [0, 0.1) is 11.8 Å². The van der Waals surface area contributed by atoms with Gasteiger partial charge < -0.3 is 19.3 Å². The Kier molecular flexibility index (Phi) is 4.95. The molecule has 136 valence electrons. The number of likely N-dealkylation sites (tertiary alicyclic amines) is 1. The first-order valence-electron chi connectivity index (χ1n) is 9.46. The van der Waals surface area contributed by atoms with Crippen molar-refractivity contribution < 1.29 is 14.3 Å². The van der Waals surface area contributed by atoms with Crippen molar-refractivity contribution in [2.24, 2.45) is 11.8 Å². The number of ether oxygens (including phenoxy) is 2. The van der Waals surface area contributed by atoms with Gasteiger partial charge in [-0.05, 0) is 36.5 Å². The fourth-order valence-electron chi connectivity index (χ4n) is 4.07. The highest BCUT2D eigenvalue weighted by Gasteiger charge is 2.39. The zero-order chi connectivity index (χ0) is 17.2. The van der Waals surface area contributed by atoms with Crippen LogP contribution >= 0.6 is 0 Å². The van der Waals surface area contributed by atoms with Crippen molar-refractivity contribution in [1.29, 1.82) is 0 Å². The number of amides is 1. The lowest BCUT2D eigenvalue weighted by molar-refractivity contribution is -0.130. The Labute approximate surface area is 149 Å². The van der Waals surface area contributed by atoms with Crippen LogP contribution in [0.25, 0.3) is 0 Å². The molecule has 1 amide bonds. The van der Waals surface area contributed by atoms with Crippen LogP contribution in [0.5, 0.6) is 5.75 Å². The van der Waals surface area contributed by atoms with Gasteiger partial charge in [0, 0.05) is 38.6 Å². The molecule has 0 aromatic heterocycles. The average Bonchev–Trinajstić information content (AvgIpc) is 3.38. The number of hydrogen-bond donors (Lipinski definition) is 0. The van der Waals surface area contributed by atoms with E-state index in [4.69, 9.17) is 9.47 Å². The van der Waals surface area contributed by atoms with Crippen molar-refractivity contribution in [3.63, 3.8) is 0 Å². The maximum Gasteiger partial charge on any atom is 0.227 e. The summed E-state index contributed by atoms with van der Waals surface area (Å²) in [6.45, 7) is 5.70. The predicted molar refractivity (Wildman–Crippen MR) is 95.7 cm³/mol. The Morgan fingerprint density at radius 3 is 2.96 bits per heavy atom. The minimum Gasteiger partial charge on any atom is -0.497 e. The van der Waals surface area contributed by atoms with Gasteiger partial charge in [-0.15, -0.1) is 0 Å². The van der Waals surface area contributed by atoms with E-state index in [9.17, 15) is 4.79 Å². The first-order valence-corrected chi connectivity index (χ1v) is 9.46. The van der Waals surface area contributed by atoms with Gasteiger partial charge in [0.25, 0.3) is 0 Å². The second kappa shape index (κ2) is 7.34. The SMILES string of the molecule is COc1cccc(CC(=O)N2C[C@H]3CN(CC4CC4)CCO[C@H]3C2)c1. The summed E-state index contributed by atoms with van der Waals surface area (Å²) in [6.07, 6.45) is 3.41. The van der Waals surface area contributed by atoms with E-state index in [-0.39, 0.29) is 12.0 Å². The first-order chi connectivity index (χ1) is 12.2. The van der Waals surface area contributed by atoms with E-state index in [1.165, 1.54) is 19.4 Å². The number of fused-ring (bicyclic) bond motifs is 1. The first kappa shape index (κ1) is 16.9. The highest BCUT2D eigenvalue weighted by Crippen LogP contribution is 2.31. The smallest absolute Gasteiger partial charge is 0.227 e. The molecule has 2 atom stereocenters. The molecule has 0 bridgehead atoms. The Hall–Kier alpha value is -1.59. The number of hydrogen-bond acceptors (Lipinski definition) is 4. The quantitative estimate of drug-likeness (QED) is 0.817. The summed E-state index contributed by atoms with van der Waals surface area (Å²) in [4.78, 5) is 17.3. The summed E-state index contributed by atoms with van der Waals surface area (Å²) < 4.78 is 11.3. The molecule has 0 radical (unpaired) electrons. The third-order valence-corrected chi connectivity index (χ3v) is 5.67. The third-order valence-electron chi connectivity index (χ3n) is 5.67. The van der Waals surface area contributed by atoms with Gasteiger partial charge in [-0.1, -0.05) is 12.1 Å². The van der Waals surface area contributed by atoms with Gasteiger partial charge >= 0.3 is 0 Å². The number of nitrogens with zero attached hydrogens (tertiary/aromatic N) is 2. The summed E-state index contributed by atoms with van der Waals surface area (Å²) in [5.41, 5.74) is 1.01. The van der Waals surface area contributed by atoms with Gasteiger partial charge in [-0.25, -0.2) is 0 Å². The van der Waals surface area contributed by atoms with Crippen molar-refractivity contribution in [2.45, 2.75) is 25.4 Å². The molecule has 5 nitrogen and oxygen atoms in total. The summed E-state index contributed by atoms with van der Waals surface area (Å²) in [7, 11) is 1.65. The summed E-state index contributed by atoms with van der Waals surface area (Å²) >= 11 is 0. The van der Waals surface area contributed by atoms with Crippen molar-refractivity contribution in [2.75, 3.05) is 46.4 Å². The van der Waals surface area contributed by atoms with Crippen molar-refractivity contribution >= 4 is 5.91 Å². The lowest BCUT2D eigenvalue weighted by Crippen LogP contribution is -2.35. The molecular weight excluding hydrogens is 316 g/mol. The second-order valence-electron chi connectivity index (χ2n) is 7.70. The molecule has 3 aliphatic rings. The largest absolute Gasteiger partial charge is 0.497 e. The molecule has 5 heteroatoms. The van der Waals surface area contributed by atoms with Crippen LogP contribution in [0.2, 0.25) is 0 Å². The number of benzene rings is 1. The lowest BCUT2D eigenvalue weighted by Gasteiger charge is -2.23. The van der Waals surface area contributed by atoms with Crippen molar-refractivity contribution in [3.8, 4) is 5.75 Å². The molecule has 1 aromatic rings. The second-order valence-corrected chi connectivity index (χ2v) is 7.70. The van der Waals surface area contributed by atoms with E-state index >= 15 is 0 Å². The monoisotopic (exact) mass is 344 g/mol. The molecule has 3 fully saturated rings. The molecule has 0 N–H and O–H groups in total. The third kappa shape index (κ3) is 4.15. The van der Waals surface area contributed by atoms with E-state index < -0.39 is 0 Å². The summed E-state index contributed by atoms with van der Waals surface area (Å²) in [5, 5.41) is 0. The zero-order valence-electron chi connectivity index (χ0n) is 15.0. The molecule has 2 aliphatic heterocycles. The van der Waals surface area contributed by atoms with E-state index in [2.05, 4.69) is 4.90 Å². The molecule has 4 rings (SSSR count). The molecule has 1 aromatic carbocycles. The predicted octanol–water partition coefficient (Wildman–Crippen LogP) is 1.81. The van der Waals surface area contributed by atoms with E-state index in [1.54, 1.807) is 7.11 Å². The van der Waals surface area contributed by atoms with Gasteiger partial charge in [0.15, 0.2) is 0 Å². The fraction of sp³-hybridized carbons (Fsp3) is 0.650. The Bertz CT molecular complexity index is 617. The average molecular weight is 344 g/mol. The molecular formula is C20H28N2O3. The van der Waals surface area contributed by atoms with Crippen LogP contribution in [-0.2, 0) is 16.0 Å². The van der Waals surface area contributed by atoms with Gasteiger partial charge in [0.05, 0.1) is 26.2 Å². The van der Waals surface area contributed by atoms with Crippen LogP contribution in [0.15, 0.2) is 24.3 Å². The Balaban J connectivity index is 1.35. The van der Waals surface area contributed by atoms with Crippen LogP contribution in [-0.4, -0.2) is 68.3 Å². The Morgan fingerprint density at radius 2 is 2.16 bits per heavy atom. The van der Waals surface area contributed by atoms with Gasteiger partial charge in [-0.3, -0.25) is 4.79 Å². The van der Waals surface area contributed by atoms with Crippen LogP contribution in [0.4, 0.5) is 0 Å². The number of methoxy groups -OCH3 is 1. The maximum absolute atomic E-state index is 12.7. The summed E-state index contributed by atoms with van der Waals surface area (Å²) in [5.74, 6) is 2.36. The number of carbonyl (C=O) groups is 1. The number of rotatable bonds is 5. The normalized spacial score (nSPS) is 27.0. The molecule has 1 aliphatic carbocycles. The number of carbonyl (C=O) groups excluding carboxylic acids is 1. The Morgan fingerprint density at radius 1 is 1.28 bits per heavy atom. The standard InChI is InChI=1S/C20H28N2O3/c1-24-18-4-2-3-16(9-18)10-20(23)22-13-17-12-21(11-15-5-6-15)7-8-25-19(17)14-22/h2-4,9,15,17,19H,5-8,10-14H2,1H3/t17-,19+/m1/s1. The van der Waals surface area contributed by atoms with Gasteiger partial charge in [0.1, 0.15) is 5.75 Å². The zero-order valence-corrected chi connectivity index (χ0v) is 15.0. The molecule has 25 heavy (non-hydrogen) atoms. The van der Waals surface area contributed by atoms with Crippen molar-refractivity contribution in [1.82, 2.24) is 9.80 Å². The summed E-state index contributed by atoms with van der Waals surface area (Å²) in [6, 6.07) is 7.78. The fourth-order valence-corrected chi connectivity index (χ4v) is 4.07. The molecule has 0 unspecified atom stereocenters. The van der Waals surface area contributed by atoms with Gasteiger partial charge in [0.2, 0.25) is 5.91 Å².